The number of rotatable bonds is 10. The molecule has 0 fully saturated rings. The Labute approximate surface area is 208 Å². The highest BCUT2D eigenvalue weighted by atomic mass is 35.5. The van der Waals surface area contributed by atoms with E-state index in [4.69, 9.17) is 30.5 Å². The largest absolute Gasteiger partial charge is 0.494 e. The van der Waals surface area contributed by atoms with Crippen LogP contribution in [0.1, 0.15) is 29.8 Å². The number of carbonyl (C=O) groups is 2. The maximum Gasteiger partial charge on any atom is 0.343 e. The summed E-state index contributed by atoms with van der Waals surface area (Å²) in [5.41, 5.74) is 3.41. The standard InChI is InChI=1S/C26H25ClN2O6/c1-4-33-21-11-9-19(10-12-21)26(31)35-23-13-8-18(14-24(23)32-3)16-28-29-25(30)17(2)34-22-7-5-6-20(27)15-22/h5-17H,4H2,1-3H3,(H,29,30)/b28-16+. The molecule has 0 aromatic heterocycles. The van der Waals surface area contributed by atoms with E-state index in [1.807, 2.05) is 6.92 Å². The van der Waals surface area contributed by atoms with Crippen molar-refractivity contribution in [1.82, 2.24) is 5.43 Å². The quantitative estimate of drug-likeness (QED) is 0.186. The number of benzene rings is 3. The first kappa shape index (κ1) is 25.6. The Kier molecular flexibility index (Phi) is 9.09. The van der Waals surface area contributed by atoms with E-state index in [0.717, 1.165) is 0 Å². The molecule has 0 aliphatic rings. The molecule has 9 heteroatoms. The van der Waals surface area contributed by atoms with Gasteiger partial charge in [0.25, 0.3) is 5.91 Å². The summed E-state index contributed by atoms with van der Waals surface area (Å²) in [5.74, 6) is 0.753. The summed E-state index contributed by atoms with van der Waals surface area (Å²) in [6.07, 6.45) is 0.648. The van der Waals surface area contributed by atoms with E-state index < -0.39 is 18.0 Å². The summed E-state index contributed by atoms with van der Waals surface area (Å²) < 4.78 is 21.7. The van der Waals surface area contributed by atoms with E-state index in [-0.39, 0.29) is 5.75 Å². The van der Waals surface area contributed by atoms with Gasteiger partial charge in [-0.15, -0.1) is 0 Å². The van der Waals surface area contributed by atoms with Gasteiger partial charge in [0.1, 0.15) is 11.5 Å². The van der Waals surface area contributed by atoms with Gasteiger partial charge in [0, 0.05) is 5.02 Å². The molecule has 3 rings (SSSR count). The van der Waals surface area contributed by atoms with Crippen molar-refractivity contribution in [3.63, 3.8) is 0 Å². The van der Waals surface area contributed by atoms with Crippen molar-refractivity contribution >= 4 is 29.7 Å². The highest BCUT2D eigenvalue weighted by molar-refractivity contribution is 6.30. The number of hydrazone groups is 1. The van der Waals surface area contributed by atoms with Gasteiger partial charge >= 0.3 is 5.97 Å². The van der Waals surface area contributed by atoms with Gasteiger partial charge in [-0.3, -0.25) is 4.79 Å². The fourth-order valence-electron chi connectivity index (χ4n) is 2.92. The first-order valence-electron chi connectivity index (χ1n) is 10.8. The molecule has 0 radical (unpaired) electrons. The molecule has 182 valence electrons. The van der Waals surface area contributed by atoms with Gasteiger partial charge in [0.05, 0.1) is 25.5 Å². The van der Waals surface area contributed by atoms with Crippen LogP contribution in [0.25, 0.3) is 0 Å². The molecule has 0 bridgehead atoms. The van der Waals surface area contributed by atoms with Gasteiger partial charge in [0.15, 0.2) is 17.6 Å². The molecule has 0 saturated heterocycles. The maximum absolute atomic E-state index is 12.5. The molecular weight excluding hydrogens is 472 g/mol. The fraction of sp³-hybridized carbons (Fsp3) is 0.192. The maximum atomic E-state index is 12.5. The Morgan fingerprint density at radius 3 is 2.49 bits per heavy atom. The molecule has 0 spiro atoms. The number of hydrogen-bond acceptors (Lipinski definition) is 7. The van der Waals surface area contributed by atoms with Crippen molar-refractivity contribution in [2.45, 2.75) is 20.0 Å². The topological polar surface area (TPSA) is 95.5 Å². The summed E-state index contributed by atoms with van der Waals surface area (Å²) in [6, 6.07) is 18.3. The van der Waals surface area contributed by atoms with Gasteiger partial charge in [-0.25, -0.2) is 10.2 Å². The predicted octanol–water partition coefficient (Wildman–Crippen LogP) is 4.88. The minimum absolute atomic E-state index is 0.246. The molecule has 1 atom stereocenters. The minimum atomic E-state index is -0.787. The van der Waals surface area contributed by atoms with Crippen molar-refractivity contribution in [1.29, 1.82) is 0 Å². The van der Waals surface area contributed by atoms with Crippen molar-refractivity contribution in [2.24, 2.45) is 5.10 Å². The van der Waals surface area contributed by atoms with Gasteiger partial charge < -0.3 is 18.9 Å². The number of nitrogens with zero attached hydrogens (tertiary/aromatic N) is 1. The molecule has 35 heavy (non-hydrogen) atoms. The van der Waals surface area contributed by atoms with E-state index in [2.05, 4.69) is 10.5 Å². The SMILES string of the molecule is CCOc1ccc(C(=O)Oc2ccc(/C=N/NC(=O)C(C)Oc3cccc(Cl)c3)cc2OC)cc1. The van der Waals surface area contributed by atoms with Crippen LogP contribution >= 0.6 is 11.6 Å². The molecule has 3 aromatic carbocycles. The third kappa shape index (κ3) is 7.48. The predicted molar refractivity (Wildman–Crippen MR) is 133 cm³/mol. The van der Waals surface area contributed by atoms with Crippen LogP contribution in [0.3, 0.4) is 0 Å². The van der Waals surface area contributed by atoms with E-state index in [1.54, 1.807) is 73.7 Å². The van der Waals surface area contributed by atoms with Gasteiger partial charge in [-0.1, -0.05) is 17.7 Å². The Morgan fingerprint density at radius 1 is 1.03 bits per heavy atom. The van der Waals surface area contributed by atoms with Crippen molar-refractivity contribution in [3.05, 3.63) is 82.9 Å². The number of ether oxygens (including phenoxy) is 4. The summed E-state index contributed by atoms with van der Waals surface area (Å²) in [4.78, 5) is 24.7. The number of amides is 1. The summed E-state index contributed by atoms with van der Waals surface area (Å²) in [6.45, 7) is 4.02. The smallest absolute Gasteiger partial charge is 0.343 e. The van der Waals surface area contributed by atoms with Crippen LogP contribution in [0.4, 0.5) is 0 Å². The van der Waals surface area contributed by atoms with Crippen molar-refractivity contribution in [3.8, 4) is 23.0 Å². The van der Waals surface area contributed by atoms with Crippen molar-refractivity contribution in [2.75, 3.05) is 13.7 Å². The lowest BCUT2D eigenvalue weighted by molar-refractivity contribution is -0.127. The number of hydrogen-bond donors (Lipinski definition) is 1. The van der Waals surface area contributed by atoms with E-state index in [0.29, 0.717) is 40.0 Å². The number of carbonyl (C=O) groups excluding carboxylic acids is 2. The van der Waals surface area contributed by atoms with Crippen LogP contribution in [0.5, 0.6) is 23.0 Å². The number of halogens is 1. The number of esters is 1. The molecule has 1 amide bonds. The average Bonchev–Trinajstić information content (AvgIpc) is 2.85. The monoisotopic (exact) mass is 496 g/mol. The summed E-state index contributed by atoms with van der Waals surface area (Å²) in [7, 11) is 1.46. The molecule has 8 nitrogen and oxygen atoms in total. The van der Waals surface area contributed by atoms with Crippen LogP contribution in [-0.4, -0.2) is 37.9 Å². The van der Waals surface area contributed by atoms with E-state index in [9.17, 15) is 9.59 Å². The molecule has 0 aliphatic carbocycles. The van der Waals surface area contributed by atoms with Gasteiger partial charge in [0.2, 0.25) is 0 Å². The first-order chi connectivity index (χ1) is 16.9. The second-order valence-corrected chi connectivity index (χ2v) is 7.65. The molecule has 0 saturated carbocycles. The zero-order valence-electron chi connectivity index (χ0n) is 19.5. The second-order valence-electron chi connectivity index (χ2n) is 7.21. The summed E-state index contributed by atoms with van der Waals surface area (Å²) >= 11 is 5.92. The molecule has 0 heterocycles. The van der Waals surface area contributed by atoms with Crippen molar-refractivity contribution < 1.29 is 28.5 Å². The van der Waals surface area contributed by atoms with Crippen LogP contribution in [0, 0.1) is 0 Å². The average molecular weight is 497 g/mol. The Morgan fingerprint density at radius 2 is 1.80 bits per heavy atom. The van der Waals surface area contributed by atoms with Crippen LogP contribution in [0.2, 0.25) is 5.02 Å². The molecule has 1 N–H and O–H groups in total. The Hall–Kier alpha value is -4.04. The molecule has 1 unspecified atom stereocenters. The van der Waals surface area contributed by atoms with E-state index in [1.165, 1.54) is 13.3 Å². The normalized spacial score (nSPS) is 11.5. The first-order valence-corrected chi connectivity index (χ1v) is 11.2. The highest BCUT2D eigenvalue weighted by Gasteiger charge is 2.15. The van der Waals surface area contributed by atoms with Gasteiger partial charge in [-0.05, 0) is 80.1 Å². The van der Waals surface area contributed by atoms with Gasteiger partial charge in [-0.2, -0.15) is 5.10 Å². The van der Waals surface area contributed by atoms with Crippen LogP contribution < -0.4 is 24.4 Å². The Balaban J connectivity index is 1.59. The zero-order valence-corrected chi connectivity index (χ0v) is 20.2. The Bertz CT molecular complexity index is 1200. The van der Waals surface area contributed by atoms with Crippen LogP contribution in [-0.2, 0) is 4.79 Å². The number of methoxy groups -OCH3 is 1. The third-order valence-electron chi connectivity index (χ3n) is 4.66. The summed E-state index contributed by atoms with van der Waals surface area (Å²) in [5, 5.41) is 4.46. The molecular formula is C26H25ClN2O6. The lowest BCUT2D eigenvalue weighted by atomic mass is 10.2. The third-order valence-corrected chi connectivity index (χ3v) is 4.89. The zero-order chi connectivity index (χ0) is 25.2. The lowest BCUT2D eigenvalue weighted by Crippen LogP contribution is -2.33. The molecule has 3 aromatic rings. The second kappa shape index (κ2) is 12.4. The molecule has 0 aliphatic heterocycles. The lowest BCUT2D eigenvalue weighted by Gasteiger charge is -2.13. The minimum Gasteiger partial charge on any atom is -0.494 e. The van der Waals surface area contributed by atoms with Crippen LogP contribution in [0.15, 0.2) is 71.8 Å². The highest BCUT2D eigenvalue weighted by Crippen LogP contribution is 2.28. The number of nitrogens with one attached hydrogen (secondary N) is 1. The van der Waals surface area contributed by atoms with E-state index >= 15 is 0 Å². The fourth-order valence-corrected chi connectivity index (χ4v) is 3.10.